The van der Waals surface area contributed by atoms with Crippen molar-refractivity contribution in [3.63, 3.8) is 0 Å². The van der Waals surface area contributed by atoms with E-state index in [4.69, 9.17) is 0 Å². The van der Waals surface area contributed by atoms with Crippen molar-refractivity contribution in [2.24, 2.45) is 0 Å². The van der Waals surface area contributed by atoms with Crippen LogP contribution in [0.25, 0.3) is 0 Å². The summed E-state index contributed by atoms with van der Waals surface area (Å²) in [5.41, 5.74) is 1.40. The van der Waals surface area contributed by atoms with Crippen LogP contribution in [0.1, 0.15) is 52.2 Å². The minimum atomic E-state index is 0.0251. The first-order valence-electron chi connectivity index (χ1n) is 9.18. The molecule has 0 bridgehead atoms. The molecule has 2 fully saturated rings. The second-order valence-electron chi connectivity index (χ2n) is 7.09. The lowest BCUT2D eigenvalue weighted by molar-refractivity contribution is 0.0639. The summed E-state index contributed by atoms with van der Waals surface area (Å²) in [6.07, 6.45) is 8.02. The molecule has 4 rings (SSSR count). The van der Waals surface area contributed by atoms with Gasteiger partial charge >= 0.3 is 6.03 Å². The van der Waals surface area contributed by atoms with E-state index in [2.05, 4.69) is 11.4 Å². The molecule has 0 radical (unpaired) electrons. The van der Waals surface area contributed by atoms with Crippen molar-refractivity contribution >= 4 is 23.3 Å². The fraction of sp³-hybridized carbons (Fsp3) is 0.667. The number of thiophene rings is 1. The van der Waals surface area contributed by atoms with Gasteiger partial charge in [-0.25, -0.2) is 4.79 Å². The van der Waals surface area contributed by atoms with E-state index < -0.39 is 0 Å². The lowest BCUT2D eigenvalue weighted by Crippen LogP contribution is -2.50. The number of hydrogen-bond donors (Lipinski definition) is 1. The van der Waals surface area contributed by atoms with Gasteiger partial charge in [-0.2, -0.15) is 0 Å². The molecule has 0 spiro atoms. The highest BCUT2D eigenvalue weighted by Gasteiger charge is 2.33. The molecule has 130 valence electrons. The maximum atomic E-state index is 13.0. The van der Waals surface area contributed by atoms with Gasteiger partial charge in [-0.1, -0.05) is 6.42 Å². The van der Waals surface area contributed by atoms with Crippen LogP contribution in [0, 0.1) is 0 Å². The van der Waals surface area contributed by atoms with Gasteiger partial charge in [-0.05, 0) is 50.2 Å². The molecule has 6 heteroatoms. The smallest absolute Gasteiger partial charge is 0.317 e. The maximum absolute atomic E-state index is 13.0. The number of likely N-dealkylation sites (tertiary alicyclic amines) is 1. The van der Waals surface area contributed by atoms with Gasteiger partial charge in [0.15, 0.2) is 0 Å². The second kappa shape index (κ2) is 6.75. The Balaban J connectivity index is 1.47. The van der Waals surface area contributed by atoms with Gasteiger partial charge in [0.25, 0.3) is 5.91 Å². The number of nitrogens with zero attached hydrogens (tertiary/aromatic N) is 2. The van der Waals surface area contributed by atoms with E-state index in [0.29, 0.717) is 6.54 Å². The number of rotatable bonds is 2. The van der Waals surface area contributed by atoms with E-state index in [0.717, 1.165) is 50.2 Å². The van der Waals surface area contributed by atoms with Crippen molar-refractivity contribution in [3.05, 3.63) is 21.4 Å². The summed E-state index contributed by atoms with van der Waals surface area (Å²) in [6.45, 7) is 2.97. The number of piperidine rings is 1. The molecule has 2 saturated heterocycles. The molecule has 0 aromatic carbocycles. The SMILES string of the molecule is O=C(c1cc2c(s1)CCCCC2)N1CCC[C@H](N2CCNC2=O)C1. The van der Waals surface area contributed by atoms with Gasteiger partial charge in [0, 0.05) is 31.1 Å². The van der Waals surface area contributed by atoms with Crippen LogP contribution in [0.3, 0.4) is 0 Å². The highest BCUT2D eigenvalue weighted by Crippen LogP contribution is 2.30. The molecule has 1 aromatic heterocycles. The molecule has 3 amide bonds. The van der Waals surface area contributed by atoms with Crippen LogP contribution in [-0.2, 0) is 12.8 Å². The molecule has 3 heterocycles. The first kappa shape index (κ1) is 15.9. The summed E-state index contributed by atoms with van der Waals surface area (Å²) < 4.78 is 0. The van der Waals surface area contributed by atoms with E-state index in [9.17, 15) is 9.59 Å². The predicted octanol–water partition coefficient (Wildman–Crippen LogP) is 2.65. The summed E-state index contributed by atoms with van der Waals surface area (Å²) in [4.78, 5) is 31.0. The quantitative estimate of drug-likeness (QED) is 0.836. The topological polar surface area (TPSA) is 52.7 Å². The number of fused-ring (bicyclic) bond motifs is 1. The Morgan fingerprint density at radius 1 is 1.17 bits per heavy atom. The van der Waals surface area contributed by atoms with Crippen LogP contribution in [0.15, 0.2) is 6.07 Å². The zero-order chi connectivity index (χ0) is 16.5. The number of hydrogen-bond acceptors (Lipinski definition) is 3. The van der Waals surface area contributed by atoms with E-state index in [1.54, 1.807) is 11.3 Å². The fourth-order valence-electron chi connectivity index (χ4n) is 4.16. The van der Waals surface area contributed by atoms with Crippen LogP contribution in [-0.4, -0.2) is 54.0 Å². The number of nitrogens with one attached hydrogen (secondary N) is 1. The third kappa shape index (κ3) is 3.04. The third-order valence-corrected chi connectivity index (χ3v) is 6.70. The van der Waals surface area contributed by atoms with Crippen molar-refractivity contribution in [2.75, 3.05) is 26.2 Å². The van der Waals surface area contributed by atoms with Gasteiger partial charge in [0.1, 0.15) is 0 Å². The van der Waals surface area contributed by atoms with Crippen LogP contribution >= 0.6 is 11.3 Å². The van der Waals surface area contributed by atoms with Crippen LogP contribution < -0.4 is 5.32 Å². The summed E-state index contributed by atoms with van der Waals surface area (Å²) in [7, 11) is 0. The lowest BCUT2D eigenvalue weighted by atomic mass is 10.0. The largest absolute Gasteiger partial charge is 0.336 e. The number of urea groups is 1. The van der Waals surface area contributed by atoms with Crippen LogP contribution in [0.5, 0.6) is 0 Å². The fourth-order valence-corrected chi connectivity index (χ4v) is 5.38. The number of carbonyl (C=O) groups excluding carboxylic acids is 2. The minimum absolute atomic E-state index is 0.0251. The van der Waals surface area contributed by atoms with E-state index in [-0.39, 0.29) is 18.0 Å². The van der Waals surface area contributed by atoms with E-state index in [1.807, 2.05) is 9.80 Å². The van der Waals surface area contributed by atoms with E-state index >= 15 is 0 Å². The van der Waals surface area contributed by atoms with Crippen molar-refractivity contribution in [1.82, 2.24) is 15.1 Å². The Hall–Kier alpha value is -1.56. The lowest BCUT2D eigenvalue weighted by Gasteiger charge is -2.36. The van der Waals surface area contributed by atoms with Crippen LogP contribution in [0.2, 0.25) is 0 Å². The summed E-state index contributed by atoms with van der Waals surface area (Å²) in [5.74, 6) is 0.164. The molecule has 24 heavy (non-hydrogen) atoms. The number of carbonyl (C=O) groups is 2. The number of amides is 3. The Kier molecular flexibility index (Phi) is 4.48. The molecular formula is C18H25N3O2S. The first-order chi connectivity index (χ1) is 11.7. The molecule has 0 unspecified atom stereocenters. The Labute approximate surface area is 147 Å². The van der Waals surface area contributed by atoms with Crippen molar-refractivity contribution in [2.45, 2.75) is 51.0 Å². The molecule has 3 aliphatic rings. The van der Waals surface area contributed by atoms with Crippen molar-refractivity contribution < 1.29 is 9.59 Å². The maximum Gasteiger partial charge on any atom is 0.317 e. The molecule has 2 aliphatic heterocycles. The van der Waals surface area contributed by atoms with Gasteiger partial charge < -0.3 is 15.1 Å². The highest BCUT2D eigenvalue weighted by molar-refractivity contribution is 7.14. The van der Waals surface area contributed by atoms with Gasteiger partial charge in [0.05, 0.1) is 10.9 Å². The van der Waals surface area contributed by atoms with Crippen LogP contribution in [0.4, 0.5) is 4.79 Å². The predicted molar refractivity (Wildman–Crippen MR) is 94.6 cm³/mol. The second-order valence-corrected chi connectivity index (χ2v) is 8.23. The number of aryl methyl sites for hydroxylation is 2. The average molecular weight is 347 g/mol. The standard InChI is InChI=1S/C18H25N3O2S/c22-17(16-11-13-5-2-1-3-7-15(13)24-16)20-9-4-6-14(12-20)21-10-8-19-18(21)23/h11,14H,1-10,12H2,(H,19,23)/t14-/m0/s1. The Morgan fingerprint density at radius 3 is 2.88 bits per heavy atom. The molecule has 5 nitrogen and oxygen atoms in total. The van der Waals surface area contributed by atoms with Crippen molar-refractivity contribution in [1.29, 1.82) is 0 Å². The zero-order valence-electron chi connectivity index (χ0n) is 14.1. The van der Waals surface area contributed by atoms with Gasteiger partial charge in [-0.15, -0.1) is 11.3 Å². The highest BCUT2D eigenvalue weighted by atomic mass is 32.1. The Bertz CT molecular complexity index is 619. The Morgan fingerprint density at radius 2 is 2.04 bits per heavy atom. The normalized spacial score (nSPS) is 24.5. The summed E-state index contributed by atoms with van der Waals surface area (Å²) in [6, 6.07) is 2.33. The molecular weight excluding hydrogens is 322 g/mol. The summed E-state index contributed by atoms with van der Waals surface area (Å²) >= 11 is 1.70. The minimum Gasteiger partial charge on any atom is -0.336 e. The average Bonchev–Trinajstić information content (AvgIpc) is 3.15. The molecule has 1 N–H and O–H groups in total. The van der Waals surface area contributed by atoms with Crippen molar-refractivity contribution in [3.8, 4) is 0 Å². The first-order valence-corrected chi connectivity index (χ1v) is 9.99. The monoisotopic (exact) mass is 347 g/mol. The molecule has 1 atom stereocenters. The third-order valence-electron chi connectivity index (χ3n) is 5.47. The molecule has 1 aromatic rings. The molecule has 1 aliphatic carbocycles. The zero-order valence-corrected chi connectivity index (χ0v) is 14.9. The van der Waals surface area contributed by atoms with Gasteiger partial charge in [-0.3, -0.25) is 4.79 Å². The van der Waals surface area contributed by atoms with E-state index in [1.165, 1.54) is 29.7 Å². The summed E-state index contributed by atoms with van der Waals surface area (Å²) in [5, 5.41) is 2.87. The molecule has 0 saturated carbocycles. The van der Waals surface area contributed by atoms with Gasteiger partial charge in [0.2, 0.25) is 0 Å².